The van der Waals surface area contributed by atoms with E-state index in [4.69, 9.17) is 0 Å². The maximum Gasteiger partial charge on any atom is 0.0762 e. The maximum absolute atomic E-state index is 4.61. The molecule has 0 aromatic carbocycles. The highest BCUT2D eigenvalue weighted by molar-refractivity contribution is 4.99. The zero-order valence-electron chi connectivity index (χ0n) is 9.74. The molecular weight excluding hydrogens is 186 g/mol. The molecule has 3 nitrogen and oxygen atoms in total. The number of hydrogen-bond donors (Lipinski definition) is 1. The van der Waals surface area contributed by atoms with E-state index in [0.29, 0.717) is 6.04 Å². The van der Waals surface area contributed by atoms with Crippen molar-refractivity contribution in [2.24, 2.45) is 5.92 Å². The first kappa shape index (κ1) is 10.7. The first-order chi connectivity index (χ1) is 7.29. The highest BCUT2D eigenvalue weighted by atomic mass is 15.3. The minimum Gasteiger partial charge on any atom is -0.314 e. The van der Waals surface area contributed by atoms with E-state index in [9.17, 15) is 0 Å². The van der Waals surface area contributed by atoms with E-state index < -0.39 is 0 Å². The molecule has 1 aliphatic carbocycles. The van der Waals surface area contributed by atoms with Gasteiger partial charge in [-0.1, -0.05) is 19.8 Å². The van der Waals surface area contributed by atoms with Crippen LogP contribution >= 0.6 is 0 Å². The van der Waals surface area contributed by atoms with Crippen LogP contribution in [0.2, 0.25) is 0 Å². The zero-order chi connectivity index (χ0) is 10.7. The van der Waals surface area contributed by atoms with Gasteiger partial charge in [-0.25, -0.2) is 0 Å². The summed E-state index contributed by atoms with van der Waals surface area (Å²) in [4.78, 5) is 0. The lowest BCUT2D eigenvalue weighted by atomic mass is 9.87. The lowest BCUT2D eigenvalue weighted by molar-refractivity contribution is 0.265. The molecule has 0 spiro atoms. The van der Waals surface area contributed by atoms with Gasteiger partial charge in [0.2, 0.25) is 0 Å². The first-order valence-electron chi connectivity index (χ1n) is 5.98. The Morgan fingerprint density at radius 3 is 3.13 bits per heavy atom. The maximum atomic E-state index is 4.61. The molecule has 1 heterocycles. The van der Waals surface area contributed by atoms with Crippen molar-refractivity contribution in [2.75, 3.05) is 7.05 Å². The summed E-state index contributed by atoms with van der Waals surface area (Å²) in [6, 6.07) is 2.76. The third kappa shape index (κ3) is 2.59. The molecule has 1 aromatic rings. The molecule has 84 valence electrons. The van der Waals surface area contributed by atoms with E-state index >= 15 is 0 Å². The molecule has 0 aliphatic heterocycles. The fraction of sp³-hybridized carbons (Fsp3) is 0.750. The first-order valence-corrected chi connectivity index (χ1v) is 5.98. The van der Waals surface area contributed by atoms with Crippen molar-refractivity contribution in [1.29, 1.82) is 0 Å². The number of hydrogen-bond acceptors (Lipinski definition) is 2. The smallest absolute Gasteiger partial charge is 0.0762 e. The number of aromatic nitrogens is 2. The van der Waals surface area contributed by atoms with Crippen molar-refractivity contribution in [2.45, 2.75) is 45.2 Å². The van der Waals surface area contributed by atoms with Gasteiger partial charge >= 0.3 is 0 Å². The Balaban J connectivity index is 2.01. The van der Waals surface area contributed by atoms with E-state index in [-0.39, 0.29) is 0 Å². The molecule has 2 unspecified atom stereocenters. The molecule has 0 amide bonds. The molecule has 2 rings (SSSR count). The third-order valence-electron chi connectivity index (χ3n) is 3.30. The normalized spacial score (nSPS) is 26.8. The Kier molecular flexibility index (Phi) is 3.41. The fourth-order valence-electron chi connectivity index (χ4n) is 2.50. The monoisotopic (exact) mass is 207 g/mol. The molecule has 0 bridgehead atoms. The molecule has 15 heavy (non-hydrogen) atoms. The SMILES string of the molecule is CNCc1ccn(C2CCCC(C)C2)n1. The second kappa shape index (κ2) is 4.79. The van der Waals surface area contributed by atoms with Crippen LogP contribution < -0.4 is 5.32 Å². The molecule has 1 saturated carbocycles. The van der Waals surface area contributed by atoms with Gasteiger partial charge in [0.25, 0.3) is 0 Å². The zero-order valence-corrected chi connectivity index (χ0v) is 9.74. The molecule has 0 saturated heterocycles. The molecule has 3 heteroatoms. The Morgan fingerprint density at radius 1 is 1.53 bits per heavy atom. The predicted octanol–water partition coefficient (Wildman–Crippen LogP) is 2.35. The number of nitrogens with one attached hydrogen (secondary N) is 1. The molecule has 1 aromatic heterocycles. The van der Waals surface area contributed by atoms with Gasteiger partial charge in [-0.3, -0.25) is 4.68 Å². The predicted molar refractivity (Wildman–Crippen MR) is 61.7 cm³/mol. The summed E-state index contributed by atoms with van der Waals surface area (Å²) in [5, 5.41) is 7.75. The minimum absolute atomic E-state index is 0.638. The highest BCUT2D eigenvalue weighted by Gasteiger charge is 2.20. The Bertz CT molecular complexity index is 306. The standard InChI is InChI=1S/C12H21N3/c1-10-4-3-5-12(8-10)15-7-6-11(14-15)9-13-2/h6-7,10,12-13H,3-5,8-9H2,1-2H3. The number of rotatable bonds is 3. The number of nitrogens with zero attached hydrogens (tertiary/aromatic N) is 2. The van der Waals surface area contributed by atoms with Gasteiger partial charge in [0, 0.05) is 12.7 Å². The van der Waals surface area contributed by atoms with Crippen molar-refractivity contribution in [3.63, 3.8) is 0 Å². The van der Waals surface area contributed by atoms with Crippen LogP contribution in [0.4, 0.5) is 0 Å². The molecule has 1 N–H and O–H groups in total. The fourth-order valence-corrected chi connectivity index (χ4v) is 2.50. The van der Waals surface area contributed by atoms with Crippen molar-refractivity contribution in [3.05, 3.63) is 18.0 Å². The van der Waals surface area contributed by atoms with Crippen LogP contribution in [0.5, 0.6) is 0 Å². The van der Waals surface area contributed by atoms with Crippen LogP contribution in [-0.2, 0) is 6.54 Å². The van der Waals surface area contributed by atoms with Crippen molar-refractivity contribution in [1.82, 2.24) is 15.1 Å². The highest BCUT2D eigenvalue weighted by Crippen LogP contribution is 2.31. The van der Waals surface area contributed by atoms with E-state index in [0.717, 1.165) is 18.2 Å². The largest absolute Gasteiger partial charge is 0.314 e. The lowest BCUT2D eigenvalue weighted by Crippen LogP contribution is -2.18. The van der Waals surface area contributed by atoms with Crippen LogP contribution in [0.25, 0.3) is 0 Å². The van der Waals surface area contributed by atoms with E-state index in [1.165, 1.54) is 25.7 Å². The summed E-state index contributed by atoms with van der Waals surface area (Å²) in [6.45, 7) is 3.22. The van der Waals surface area contributed by atoms with Crippen molar-refractivity contribution < 1.29 is 0 Å². The van der Waals surface area contributed by atoms with Crippen LogP contribution in [0.15, 0.2) is 12.3 Å². The minimum atomic E-state index is 0.638. The average molecular weight is 207 g/mol. The summed E-state index contributed by atoms with van der Waals surface area (Å²) >= 11 is 0. The van der Waals surface area contributed by atoms with Gasteiger partial charge in [0.05, 0.1) is 11.7 Å². The van der Waals surface area contributed by atoms with Crippen LogP contribution in [0.3, 0.4) is 0 Å². The summed E-state index contributed by atoms with van der Waals surface area (Å²) in [5.41, 5.74) is 1.15. The Morgan fingerprint density at radius 2 is 2.40 bits per heavy atom. The third-order valence-corrected chi connectivity index (χ3v) is 3.30. The molecule has 2 atom stereocenters. The molecule has 0 radical (unpaired) electrons. The quantitative estimate of drug-likeness (QED) is 0.824. The summed E-state index contributed by atoms with van der Waals surface area (Å²) < 4.78 is 2.17. The average Bonchev–Trinajstić information content (AvgIpc) is 2.67. The van der Waals surface area contributed by atoms with Crippen LogP contribution in [0.1, 0.15) is 44.3 Å². The van der Waals surface area contributed by atoms with Gasteiger partial charge in [-0.05, 0) is 31.9 Å². The molecular formula is C12H21N3. The Labute approximate surface area is 91.9 Å². The van der Waals surface area contributed by atoms with Gasteiger partial charge in [0.15, 0.2) is 0 Å². The van der Waals surface area contributed by atoms with Gasteiger partial charge in [0.1, 0.15) is 0 Å². The summed E-state index contributed by atoms with van der Waals surface area (Å²) in [5.74, 6) is 0.862. The van der Waals surface area contributed by atoms with Gasteiger partial charge in [-0.2, -0.15) is 5.10 Å². The second-order valence-corrected chi connectivity index (χ2v) is 4.74. The summed E-state index contributed by atoms with van der Waals surface area (Å²) in [7, 11) is 1.96. The van der Waals surface area contributed by atoms with Crippen LogP contribution in [0, 0.1) is 5.92 Å². The molecule has 1 aliphatic rings. The van der Waals surface area contributed by atoms with Gasteiger partial charge in [-0.15, -0.1) is 0 Å². The Hall–Kier alpha value is -0.830. The summed E-state index contributed by atoms with van der Waals surface area (Å²) in [6.07, 6.45) is 7.47. The topological polar surface area (TPSA) is 29.9 Å². The molecule has 1 fully saturated rings. The van der Waals surface area contributed by atoms with Crippen molar-refractivity contribution in [3.8, 4) is 0 Å². The van der Waals surface area contributed by atoms with Crippen LogP contribution in [-0.4, -0.2) is 16.8 Å². The second-order valence-electron chi connectivity index (χ2n) is 4.74. The van der Waals surface area contributed by atoms with E-state index in [2.05, 4.69) is 34.3 Å². The van der Waals surface area contributed by atoms with Crippen molar-refractivity contribution >= 4 is 0 Å². The van der Waals surface area contributed by atoms with E-state index in [1.54, 1.807) is 0 Å². The lowest BCUT2D eigenvalue weighted by Gasteiger charge is -2.26. The van der Waals surface area contributed by atoms with E-state index in [1.807, 2.05) is 7.05 Å². The van der Waals surface area contributed by atoms with Gasteiger partial charge < -0.3 is 5.32 Å².